The van der Waals surface area contributed by atoms with E-state index in [0.717, 1.165) is 25.2 Å². The van der Waals surface area contributed by atoms with E-state index >= 15 is 0 Å². The van der Waals surface area contributed by atoms with Gasteiger partial charge in [-0.05, 0) is 12.5 Å². The van der Waals surface area contributed by atoms with Crippen molar-refractivity contribution < 1.29 is 9.53 Å². The smallest absolute Gasteiger partial charge is 0.410 e. The van der Waals surface area contributed by atoms with Crippen LogP contribution in [0.2, 0.25) is 0 Å². The fraction of sp³-hybridized carbons (Fsp3) is 0.533. The van der Waals surface area contributed by atoms with Gasteiger partial charge in [-0.3, -0.25) is 4.90 Å². The molecule has 5 nitrogen and oxygen atoms in total. The zero-order valence-corrected chi connectivity index (χ0v) is 13.2. The van der Waals surface area contributed by atoms with Crippen LogP contribution in [-0.2, 0) is 11.3 Å². The van der Waals surface area contributed by atoms with Gasteiger partial charge < -0.3 is 15.4 Å². The Labute approximate surface area is 132 Å². The third-order valence-electron chi connectivity index (χ3n) is 3.38. The van der Waals surface area contributed by atoms with E-state index in [1.54, 1.807) is 4.90 Å². The zero-order chi connectivity index (χ0) is 14.4. The first-order valence-corrected chi connectivity index (χ1v) is 7.08. The Kier molecular flexibility index (Phi) is 7.50. The van der Waals surface area contributed by atoms with Crippen LogP contribution in [0.1, 0.15) is 12.5 Å². The summed E-state index contributed by atoms with van der Waals surface area (Å²) >= 11 is 0. The molecule has 1 amide bonds. The number of benzene rings is 1. The number of carbonyl (C=O) groups is 1. The maximum Gasteiger partial charge on any atom is 0.410 e. The van der Waals surface area contributed by atoms with Crippen LogP contribution in [-0.4, -0.2) is 54.7 Å². The summed E-state index contributed by atoms with van der Waals surface area (Å²) in [7, 11) is 0. The first kappa shape index (κ1) is 17.8. The Morgan fingerprint density at radius 1 is 1.24 bits per heavy atom. The summed E-state index contributed by atoms with van der Waals surface area (Å²) < 4.78 is 5.33. The van der Waals surface area contributed by atoms with Gasteiger partial charge in [0.25, 0.3) is 0 Å². The van der Waals surface area contributed by atoms with E-state index in [9.17, 15) is 4.79 Å². The van der Waals surface area contributed by atoms with E-state index in [1.165, 1.54) is 0 Å². The number of carbonyl (C=O) groups excluding carboxylic acids is 1. The van der Waals surface area contributed by atoms with Crippen molar-refractivity contribution in [2.75, 3.05) is 32.7 Å². The molecule has 0 aromatic heterocycles. The first-order valence-electron chi connectivity index (χ1n) is 7.08. The van der Waals surface area contributed by atoms with E-state index in [0.29, 0.717) is 19.7 Å². The van der Waals surface area contributed by atoms with Crippen molar-refractivity contribution >= 4 is 18.5 Å². The first-order chi connectivity index (χ1) is 9.65. The molecule has 6 heteroatoms. The van der Waals surface area contributed by atoms with E-state index in [1.807, 2.05) is 37.3 Å². The molecule has 1 atom stereocenters. The molecular weight excluding hydrogens is 290 g/mol. The third kappa shape index (κ3) is 5.91. The summed E-state index contributed by atoms with van der Waals surface area (Å²) in [6.45, 7) is 6.36. The van der Waals surface area contributed by atoms with E-state index in [4.69, 9.17) is 10.5 Å². The molecule has 2 rings (SSSR count). The van der Waals surface area contributed by atoms with Gasteiger partial charge in [0.1, 0.15) is 6.61 Å². The lowest BCUT2D eigenvalue weighted by Crippen LogP contribution is -2.51. The average molecular weight is 314 g/mol. The molecule has 1 unspecified atom stereocenters. The molecule has 0 spiro atoms. The minimum absolute atomic E-state index is 0. The molecule has 1 aromatic carbocycles. The molecule has 1 fully saturated rings. The van der Waals surface area contributed by atoms with Crippen LogP contribution in [0.15, 0.2) is 30.3 Å². The second kappa shape index (κ2) is 8.87. The minimum atomic E-state index is -0.227. The summed E-state index contributed by atoms with van der Waals surface area (Å²) in [6.07, 6.45) is -0.227. The van der Waals surface area contributed by atoms with Crippen molar-refractivity contribution in [1.82, 2.24) is 9.80 Å². The molecule has 1 saturated heterocycles. The highest BCUT2D eigenvalue weighted by atomic mass is 35.5. The van der Waals surface area contributed by atoms with Crippen LogP contribution < -0.4 is 5.73 Å². The van der Waals surface area contributed by atoms with Crippen molar-refractivity contribution in [1.29, 1.82) is 0 Å². The Morgan fingerprint density at radius 3 is 2.43 bits per heavy atom. The molecule has 1 heterocycles. The standard InChI is InChI=1S/C15H23N3O2.ClH/c1-13(16)11-17-7-9-18(10-8-17)15(19)20-12-14-5-3-2-4-6-14;/h2-6,13H,7-12,16H2,1H3;1H. The van der Waals surface area contributed by atoms with Crippen molar-refractivity contribution in [3.8, 4) is 0 Å². The molecule has 0 aliphatic carbocycles. The largest absolute Gasteiger partial charge is 0.445 e. The Bertz CT molecular complexity index is 420. The van der Waals surface area contributed by atoms with Crippen LogP contribution in [0.4, 0.5) is 4.79 Å². The van der Waals surface area contributed by atoms with Gasteiger partial charge in [0.15, 0.2) is 0 Å². The summed E-state index contributed by atoms with van der Waals surface area (Å²) in [5.74, 6) is 0. The predicted molar refractivity (Wildman–Crippen MR) is 85.5 cm³/mol. The topological polar surface area (TPSA) is 58.8 Å². The highest BCUT2D eigenvalue weighted by Crippen LogP contribution is 2.07. The second-order valence-electron chi connectivity index (χ2n) is 5.31. The van der Waals surface area contributed by atoms with Gasteiger partial charge in [-0.2, -0.15) is 0 Å². The number of nitrogens with two attached hydrogens (primary N) is 1. The molecule has 118 valence electrons. The predicted octanol–water partition coefficient (Wildman–Crippen LogP) is 1.71. The lowest BCUT2D eigenvalue weighted by Gasteiger charge is -2.34. The number of rotatable bonds is 4. The van der Waals surface area contributed by atoms with Gasteiger partial charge >= 0.3 is 6.09 Å². The van der Waals surface area contributed by atoms with Crippen molar-refractivity contribution in [2.24, 2.45) is 5.73 Å². The van der Waals surface area contributed by atoms with Crippen LogP contribution in [0, 0.1) is 0 Å². The van der Waals surface area contributed by atoms with E-state index in [-0.39, 0.29) is 24.5 Å². The molecule has 21 heavy (non-hydrogen) atoms. The SMILES string of the molecule is CC(N)CN1CCN(C(=O)OCc2ccccc2)CC1.Cl. The summed E-state index contributed by atoms with van der Waals surface area (Å²) in [4.78, 5) is 16.0. The number of hydrogen-bond donors (Lipinski definition) is 1. The Hall–Kier alpha value is -1.30. The molecule has 1 aromatic rings. The van der Waals surface area contributed by atoms with Gasteiger partial charge in [0, 0.05) is 38.8 Å². The number of amides is 1. The van der Waals surface area contributed by atoms with Crippen molar-refractivity contribution in [3.05, 3.63) is 35.9 Å². The zero-order valence-electron chi connectivity index (χ0n) is 12.4. The molecule has 1 aliphatic rings. The van der Waals surface area contributed by atoms with Gasteiger partial charge in [-0.15, -0.1) is 12.4 Å². The number of ether oxygens (including phenoxy) is 1. The molecule has 2 N–H and O–H groups in total. The van der Waals surface area contributed by atoms with Crippen molar-refractivity contribution in [2.45, 2.75) is 19.6 Å². The number of halogens is 1. The molecule has 0 bridgehead atoms. The lowest BCUT2D eigenvalue weighted by atomic mass is 10.2. The van der Waals surface area contributed by atoms with Gasteiger partial charge in [-0.1, -0.05) is 30.3 Å². The van der Waals surface area contributed by atoms with Crippen molar-refractivity contribution in [3.63, 3.8) is 0 Å². The van der Waals surface area contributed by atoms with Crippen LogP contribution in [0.5, 0.6) is 0 Å². The molecule has 0 saturated carbocycles. The van der Waals surface area contributed by atoms with Crippen LogP contribution in [0.3, 0.4) is 0 Å². The molecule has 1 aliphatic heterocycles. The Morgan fingerprint density at radius 2 is 1.86 bits per heavy atom. The summed E-state index contributed by atoms with van der Waals surface area (Å²) in [6, 6.07) is 9.91. The normalized spacial score (nSPS) is 17.0. The van der Waals surface area contributed by atoms with Gasteiger partial charge in [0.2, 0.25) is 0 Å². The monoisotopic (exact) mass is 313 g/mol. The van der Waals surface area contributed by atoms with Crippen LogP contribution in [0.25, 0.3) is 0 Å². The van der Waals surface area contributed by atoms with Gasteiger partial charge in [0.05, 0.1) is 0 Å². The maximum absolute atomic E-state index is 12.0. The summed E-state index contributed by atoms with van der Waals surface area (Å²) in [5, 5.41) is 0. The highest BCUT2D eigenvalue weighted by Gasteiger charge is 2.22. The van der Waals surface area contributed by atoms with Gasteiger partial charge in [-0.25, -0.2) is 4.79 Å². The van der Waals surface area contributed by atoms with E-state index < -0.39 is 0 Å². The lowest BCUT2D eigenvalue weighted by molar-refractivity contribution is 0.0708. The number of hydrogen-bond acceptors (Lipinski definition) is 4. The number of nitrogens with zero attached hydrogens (tertiary/aromatic N) is 2. The second-order valence-corrected chi connectivity index (χ2v) is 5.31. The fourth-order valence-electron chi connectivity index (χ4n) is 2.33. The average Bonchev–Trinajstić information content (AvgIpc) is 2.46. The minimum Gasteiger partial charge on any atom is -0.445 e. The Balaban J connectivity index is 0.00000220. The van der Waals surface area contributed by atoms with E-state index in [2.05, 4.69) is 4.90 Å². The molecule has 0 radical (unpaired) electrons. The fourth-order valence-corrected chi connectivity index (χ4v) is 2.33. The third-order valence-corrected chi connectivity index (χ3v) is 3.38. The number of piperazine rings is 1. The van der Waals surface area contributed by atoms with Crippen LogP contribution >= 0.6 is 12.4 Å². The maximum atomic E-state index is 12.0. The molecular formula is C15H24ClN3O2. The highest BCUT2D eigenvalue weighted by molar-refractivity contribution is 5.85. The summed E-state index contributed by atoms with van der Waals surface area (Å²) in [5.41, 5.74) is 6.79. The quantitative estimate of drug-likeness (QED) is 0.919.